The van der Waals surface area contributed by atoms with Crippen LogP contribution in [0.1, 0.15) is 11.5 Å². The molecule has 7 heteroatoms. The van der Waals surface area contributed by atoms with Crippen LogP contribution in [0.5, 0.6) is 0 Å². The number of para-hydroxylation sites is 1. The molecule has 0 radical (unpaired) electrons. The van der Waals surface area contributed by atoms with Gasteiger partial charge in [0.1, 0.15) is 17.0 Å². The molecule has 0 atom stereocenters. The van der Waals surface area contributed by atoms with Crippen molar-refractivity contribution >= 4 is 26.8 Å². The van der Waals surface area contributed by atoms with Crippen molar-refractivity contribution < 1.29 is 12.8 Å². The number of hydrogen-bond donors (Lipinski definition) is 1. The van der Waals surface area contributed by atoms with Gasteiger partial charge in [-0.25, -0.2) is 13.4 Å². The zero-order chi connectivity index (χ0) is 15.2. The molecule has 3 rings (SSSR count). The van der Waals surface area contributed by atoms with E-state index in [9.17, 15) is 8.42 Å². The highest BCUT2D eigenvalue weighted by atomic mass is 32.2. The van der Waals surface area contributed by atoms with E-state index in [1.54, 1.807) is 16.7 Å². The average Bonchev–Trinajstić information content (AvgIpc) is 2.93. The molecule has 0 saturated carbocycles. The number of hydrogen-bond acceptors (Lipinski definition) is 5. The lowest BCUT2D eigenvalue weighted by Crippen LogP contribution is -2.03. The molecule has 2 N–H and O–H groups in total. The monoisotopic (exact) mass is 305 g/mol. The van der Waals surface area contributed by atoms with Gasteiger partial charge in [0.15, 0.2) is 9.84 Å². The molecule has 0 spiro atoms. The Bertz CT molecular complexity index is 922. The van der Waals surface area contributed by atoms with E-state index in [4.69, 9.17) is 10.2 Å². The van der Waals surface area contributed by atoms with Crippen molar-refractivity contribution in [1.82, 2.24) is 9.55 Å². The van der Waals surface area contributed by atoms with Gasteiger partial charge in [0.25, 0.3) is 0 Å². The standard InChI is InChI=1S/C14H15N3O3S/c1-9-6-7-10(20-9)8-17-11-4-3-5-12(21(2,18)19)13(11)16-14(17)15/h3-7H,8H2,1-2H3,(H2,15,16). The third kappa shape index (κ3) is 2.40. The topological polar surface area (TPSA) is 91.1 Å². The normalized spacial score (nSPS) is 12.1. The van der Waals surface area contributed by atoms with Crippen molar-refractivity contribution in [3.63, 3.8) is 0 Å². The first-order valence-electron chi connectivity index (χ1n) is 6.36. The summed E-state index contributed by atoms with van der Waals surface area (Å²) in [5.74, 6) is 1.81. The van der Waals surface area contributed by atoms with Crippen LogP contribution in [0.4, 0.5) is 5.95 Å². The smallest absolute Gasteiger partial charge is 0.201 e. The Balaban J connectivity index is 2.18. The van der Waals surface area contributed by atoms with Gasteiger partial charge >= 0.3 is 0 Å². The Morgan fingerprint density at radius 3 is 2.67 bits per heavy atom. The molecule has 0 fully saturated rings. The van der Waals surface area contributed by atoms with E-state index in [-0.39, 0.29) is 10.8 Å². The van der Waals surface area contributed by atoms with Crippen molar-refractivity contribution in [3.8, 4) is 0 Å². The molecular formula is C14H15N3O3S. The summed E-state index contributed by atoms with van der Waals surface area (Å²) >= 11 is 0. The number of aryl methyl sites for hydroxylation is 1. The van der Waals surface area contributed by atoms with Gasteiger partial charge < -0.3 is 14.7 Å². The van der Waals surface area contributed by atoms with Crippen molar-refractivity contribution in [2.24, 2.45) is 0 Å². The predicted octanol–water partition coefficient (Wildman–Crippen LogP) is 1.97. The molecule has 0 bridgehead atoms. The number of imidazole rings is 1. The molecule has 0 aliphatic heterocycles. The highest BCUT2D eigenvalue weighted by molar-refractivity contribution is 7.91. The van der Waals surface area contributed by atoms with Crippen molar-refractivity contribution in [2.45, 2.75) is 18.4 Å². The summed E-state index contributed by atoms with van der Waals surface area (Å²) < 4.78 is 30.9. The van der Waals surface area contributed by atoms with Crippen molar-refractivity contribution in [2.75, 3.05) is 12.0 Å². The van der Waals surface area contributed by atoms with Gasteiger partial charge in [-0.3, -0.25) is 0 Å². The Labute approximate surface area is 122 Å². The maximum absolute atomic E-state index is 11.8. The lowest BCUT2D eigenvalue weighted by molar-refractivity contribution is 0.473. The molecule has 2 aromatic heterocycles. The number of sulfone groups is 1. The van der Waals surface area contributed by atoms with Crippen LogP contribution >= 0.6 is 0 Å². The lowest BCUT2D eigenvalue weighted by atomic mass is 10.3. The highest BCUT2D eigenvalue weighted by Crippen LogP contribution is 2.25. The number of rotatable bonds is 3. The summed E-state index contributed by atoms with van der Waals surface area (Å²) in [4.78, 5) is 4.38. The van der Waals surface area contributed by atoms with Crippen molar-refractivity contribution in [3.05, 3.63) is 41.9 Å². The van der Waals surface area contributed by atoms with E-state index >= 15 is 0 Å². The van der Waals surface area contributed by atoms with Crippen LogP contribution in [0.3, 0.4) is 0 Å². The predicted molar refractivity (Wildman–Crippen MR) is 79.8 cm³/mol. The summed E-state index contributed by atoms with van der Waals surface area (Å²) in [6.45, 7) is 2.27. The fraction of sp³-hybridized carbons (Fsp3) is 0.214. The van der Waals surface area contributed by atoms with Gasteiger partial charge in [-0.2, -0.15) is 0 Å². The van der Waals surface area contributed by atoms with Crippen LogP contribution in [0.2, 0.25) is 0 Å². The molecule has 0 unspecified atom stereocenters. The fourth-order valence-corrected chi connectivity index (χ4v) is 3.16. The summed E-state index contributed by atoms with van der Waals surface area (Å²) in [6.07, 6.45) is 1.16. The van der Waals surface area contributed by atoms with Crippen LogP contribution < -0.4 is 5.73 Å². The second-order valence-corrected chi connectivity index (χ2v) is 6.95. The fourth-order valence-electron chi connectivity index (χ4n) is 2.33. The largest absolute Gasteiger partial charge is 0.464 e. The number of anilines is 1. The van der Waals surface area contributed by atoms with Crippen molar-refractivity contribution in [1.29, 1.82) is 0 Å². The van der Waals surface area contributed by atoms with Gasteiger partial charge in [-0.05, 0) is 31.2 Å². The van der Waals surface area contributed by atoms with Crippen LogP contribution in [0.15, 0.2) is 39.6 Å². The number of aromatic nitrogens is 2. The molecule has 21 heavy (non-hydrogen) atoms. The van der Waals surface area contributed by atoms with E-state index in [1.807, 2.05) is 19.1 Å². The third-order valence-corrected chi connectivity index (χ3v) is 4.41. The number of nitrogens with zero attached hydrogens (tertiary/aromatic N) is 2. The zero-order valence-corrected chi connectivity index (χ0v) is 12.5. The van der Waals surface area contributed by atoms with Crippen LogP contribution in [0.25, 0.3) is 11.0 Å². The minimum Gasteiger partial charge on any atom is -0.464 e. The van der Waals surface area contributed by atoms with Crippen LogP contribution in [-0.4, -0.2) is 24.2 Å². The minimum atomic E-state index is -3.36. The van der Waals surface area contributed by atoms with Crippen LogP contribution in [0, 0.1) is 6.92 Å². The van der Waals surface area contributed by atoms with Gasteiger partial charge in [0.2, 0.25) is 5.95 Å². The molecule has 110 valence electrons. The first-order valence-corrected chi connectivity index (χ1v) is 8.25. The average molecular weight is 305 g/mol. The molecule has 0 saturated heterocycles. The SMILES string of the molecule is Cc1ccc(Cn2c(N)nc3c(S(C)(=O)=O)cccc32)o1. The molecule has 0 amide bonds. The summed E-state index contributed by atoms with van der Waals surface area (Å²) in [7, 11) is -3.36. The van der Waals surface area contributed by atoms with Gasteiger partial charge in [0, 0.05) is 6.26 Å². The Kier molecular flexibility index (Phi) is 3.02. The quantitative estimate of drug-likeness (QED) is 0.799. The maximum atomic E-state index is 11.8. The molecule has 3 aromatic rings. The first kappa shape index (κ1) is 13.7. The Morgan fingerprint density at radius 1 is 1.29 bits per heavy atom. The van der Waals surface area contributed by atoms with Gasteiger partial charge in [0.05, 0.1) is 17.0 Å². The number of furan rings is 1. The molecule has 1 aromatic carbocycles. The zero-order valence-electron chi connectivity index (χ0n) is 11.7. The number of fused-ring (bicyclic) bond motifs is 1. The van der Waals surface area contributed by atoms with E-state index in [0.29, 0.717) is 17.6 Å². The molecular weight excluding hydrogens is 290 g/mol. The van der Waals surface area contributed by atoms with E-state index in [1.165, 1.54) is 6.07 Å². The summed E-state index contributed by atoms with van der Waals surface area (Å²) in [5, 5.41) is 0. The number of benzene rings is 1. The van der Waals surface area contributed by atoms with Crippen LogP contribution in [-0.2, 0) is 16.4 Å². The number of nitrogens with two attached hydrogens (primary N) is 1. The highest BCUT2D eigenvalue weighted by Gasteiger charge is 2.18. The van der Waals surface area contributed by atoms with E-state index in [0.717, 1.165) is 17.8 Å². The summed E-state index contributed by atoms with van der Waals surface area (Å²) in [5.41, 5.74) is 7.00. The maximum Gasteiger partial charge on any atom is 0.201 e. The first-order chi connectivity index (χ1) is 9.86. The Hall–Kier alpha value is -2.28. The molecule has 0 aliphatic carbocycles. The van der Waals surface area contributed by atoms with E-state index in [2.05, 4.69) is 4.98 Å². The summed E-state index contributed by atoms with van der Waals surface area (Å²) in [6, 6.07) is 8.74. The van der Waals surface area contributed by atoms with E-state index < -0.39 is 9.84 Å². The molecule has 2 heterocycles. The molecule has 6 nitrogen and oxygen atoms in total. The van der Waals surface area contributed by atoms with Gasteiger partial charge in [-0.1, -0.05) is 6.07 Å². The van der Waals surface area contributed by atoms with Gasteiger partial charge in [-0.15, -0.1) is 0 Å². The second-order valence-electron chi connectivity index (χ2n) is 4.96. The Morgan fingerprint density at radius 2 is 2.05 bits per heavy atom. The number of nitrogen functional groups attached to an aromatic ring is 1. The third-order valence-electron chi connectivity index (χ3n) is 3.28. The lowest BCUT2D eigenvalue weighted by Gasteiger charge is -2.04. The second kappa shape index (κ2) is 4.63. The molecule has 0 aliphatic rings. The minimum absolute atomic E-state index is 0.182.